The second-order valence-electron chi connectivity index (χ2n) is 14.4. The van der Waals surface area contributed by atoms with Crippen LogP contribution in [0.2, 0.25) is 0 Å². The van der Waals surface area contributed by atoms with E-state index >= 15 is 0 Å². The maximum Gasteiger partial charge on any atom is 0.167 e. The molecule has 0 aliphatic rings. The maximum atomic E-state index is 6.41. The molecule has 0 atom stereocenters. The van der Waals surface area contributed by atoms with E-state index in [-0.39, 0.29) is 0 Å². The van der Waals surface area contributed by atoms with E-state index in [4.69, 9.17) is 28.2 Å². The van der Waals surface area contributed by atoms with E-state index in [0.717, 1.165) is 105 Å². The Labute approximate surface area is 325 Å². The zero-order valence-corrected chi connectivity index (χ0v) is 30.3. The molecule has 0 unspecified atom stereocenters. The molecule has 0 aliphatic carbocycles. The van der Waals surface area contributed by atoms with Crippen LogP contribution in [-0.2, 0) is 0 Å². The number of hydrogen-bond acceptors (Lipinski definition) is 6. The van der Waals surface area contributed by atoms with Crippen LogP contribution in [0.25, 0.3) is 122 Å². The average molecular weight is 732 g/mol. The Morgan fingerprint density at radius 1 is 0.263 bits per heavy atom. The van der Waals surface area contributed by atoms with Crippen LogP contribution in [0.15, 0.2) is 189 Å². The van der Waals surface area contributed by atoms with Gasteiger partial charge >= 0.3 is 0 Å². The minimum atomic E-state index is 0.555. The molecule has 4 heterocycles. The fraction of sp³-hybridized carbons (Fsp3) is 0. The van der Waals surface area contributed by atoms with E-state index in [1.54, 1.807) is 0 Å². The van der Waals surface area contributed by atoms with Gasteiger partial charge in [0, 0.05) is 49.5 Å². The van der Waals surface area contributed by atoms with Crippen molar-refractivity contribution in [3.8, 4) is 56.4 Å². The highest BCUT2D eigenvalue weighted by Gasteiger charge is 2.19. The topological polar surface area (TPSA) is 78.1 Å². The number of benzene rings is 8. The van der Waals surface area contributed by atoms with Crippen molar-refractivity contribution < 1.29 is 13.3 Å². The van der Waals surface area contributed by atoms with Crippen molar-refractivity contribution in [1.29, 1.82) is 0 Å². The highest BCUT2D eigenvalue weighted by atomic mass is 16.3. The summed E-state index contributed by atoms with van der Waals surface area (Å²) < 4.78 is 18.9. The highest BCUT2D eigenvalue weighted by molar-refractivity contribution is 6.15. The van der Waals surface area contributed by atoms with Crippen molar-refractivity contribution in [3.63, 3.8) is 0 Å². The third-order valence-electron chi connectivity index (χ3n) is 10.9. The molecule has 0 amide bonds. The minimum absolute atomic E-state index is 0.555. The summed E-state index contributed by atoms with van der Waals surface area (Å²) in [5.74, 6) is 1.74. The molecular formula is C51H29N3O3. The van der Waals surface area contributed by atoms with Crippen molar-refractivity contribution >= 4 is 65.8 Å². The summed E-state index contributed by atoms with van der Waals surface area (Å²) in [5, 5.41) is 6.41. The van der Waals surface area contributed by atoms with Crippen LogP contribution in [0.3, 0.4) is 0 Å². The lowest BCUT2D eigenvalue weighted by Crippen LogP contribution is -2.00. The summed E-state index contributed by atoms with van der Waals surface area (Å²) in [6.07, 6.45) is 0. The monoisotopic (exact) mass is 731 g/mol. The third kappa shape index (κ3) is 5.15. The molecule has 6 nitrogen and oxygen atoms in total. The van der Waals surface area contributed by atoms with Crippen LogP contribution < -0.4 is 0 Å². The van der Waals surface area contributed by atoms with Crippen LogP contribution in [0.5, 0.6) is 0 Å². The van der Waals surface area contributed by atoms with E-state index in [1.165, 1.54) is 0 Å². The first-order valence-electron chi connectivity index (χ1n) is 18.9. The van der Waals surface area contributed by atoms with Crippen molar-refractivity contribution in [1.82, 2.24) is 15.0 Å². The Balaban J connectivity index is 0.953. The van der Waals surface area contributed by atoms with Gasteiger partial charge in [0.2, 0.25) is 0 Å². The molecule has 0 saturated heterocycles. The largest absolute Gasteiger partial charge is 0.456 e. The Morgan fingerprint density at radius 3 is 1.51 bits per heavy atom. The van der Waals surface area contributed by atoms with E-state index in [9.17, 15) is 0 Å². The number of hydrogen-bond donors (Lipinski definition) is 0. The quantitative estimate of drug-likeness (QED) is 0.175. The molecule has 8 aromatic carbocycles. The molecule has 4 aromatic heterocycles. The van der Waals surface area contributed by atoms with Gasteiger partial charge in [-0.3, -0.25) is 0 Å². The van der Waals surface area contributed by atoms with Crippen LogP contribution in [0, 0.1) is 0 Å². The predicted octanol–water partition coefficient (Wildman–Crippen LogP) is 13.9. The molecule has 6 heteroatoms. The van der Waals surface area contributed by atoms with Gasteiger partial charge in [-0.05, 0) is 70.8 Å². The summed E-state index contributed by atoms with van der Waals surface area (Å²) in [4.78, 5) is 15.2. The molecule has 0 radical (unpaired) electrons. The second-order valence-corrected chi connectivity index (χ2v) is 14.4. The lowest BCUT2D eigenvalue weighted by Gasteiger charge is -2.10. The normalized spacial score (nSPS) is 11.9. The van der Waals surface area contributed by atoms with Gasteiger partial charge in [0.1, 0.15) is 33.5 Å². The molecular weight excluding hydrogens is 703 g/mol. The molecule has 0 bridgehead atoms. The summed E-state index contributed by atoms with van der Waals surface area (Å²) in [5.41, 5.74) is 11.9. The lowest BCUT2D eigenvalue weighted by atomic mass is 9.97. The lowest BCUT2D eigenvalue weighted by molar-refractivity contribution is 0.656. The summed E-state index contributed by atoms with van der Waals surface area (Å²) in [6, 6.07) is 60.1. The van der Waals surface area contributed by atoms with Gasteiger partial charge in [-0.15, -0.1) is 0 Å². The third-order valence-corrected chi connectivity index (χ3v) is 10.9. The number of rotatable bonds is 5. The zero-order valence-electron chi connectivity index (χ0n) is 30.3. The molecule has 57 heavy (non-hydrogen) atoms. The Bertz CT molecular complexity index is 3540. The predicted molar refractivity (Wildman–Crippen MR) is 229 cm³/mol. The van der Waals surface area contributed by atoms with Crippen LogP contribution in [0.4, 0.5) is 0 Å². The van der Waals surface area contributed by atoms with Crippen LogP contribution in [0.1, 0.15) is 0 Å². The fourth-order valence-corrected chi connectivity index (χ4v) is 8.16. The van der Waals surface area contributed by atoms with E-state index in [0.29, 0.717) is 17.5 Å². The molecule has 12 rings (SSSR count). The zero-order chi connectivity index (χ0) is 37.5. The Hall–Kier alpha value is -7.83. The summed E-state index contributed by atoms with van der Waals surface area (Å²) in [7, 11) is 0. The Kier molecular flexibility index (Phi) is 6.83. The SMILES string of the molecule is c1ccc(-c2nc(-c3cccc(-c4cccc(-c5ccc6oc7cc8oc9ccccc9c8cc7c6c5)c4)c3)nc(-c3cccc4c3oc3ccccc34)n2)cc1. The van der Waals surface area contributed by atoms with Gasteiger partial charge < -0.3 is 13.3 Å². The van der Waals surface area contributed by atoms with Crippen LogP contribution >= 0.6 is 0 Å². The highest BCUT2D eigenvalue weighted by Crippen LogP contribution is 2.40. The van der Waals surface area contributed by atoms with Gasteiger partial charge in [-0.1, -0.05) is 121 Å². The van der Waals surface area contributed by atoms with Crippen molar-refractivity contribution in [3.05, 3.63) is 176 Å². The number of aromatic nitrogens is 3. The van der Waals surface area contributed by atoms with Crippen molar-refractivity contribution in [2.45, 2.75) is 0 Å². The van der Waals surface area contributed by atoms with Gasteiger partial charge in [0.05, 0.1) is 5.56 Å². The minimum Gasteiger partial charge on any atom is -0.456 e. The van der Waals surface area contributed by atoms with Gasteiger partial charge in [0.25, 0.3) is 0 Å². The average Bonchev–Trinajstić information content (AvgIpc) is 3.96. The van der Waals surface area contributed by atoms with Crippen LogP contribution in [-0.4, -0.2) is 15.0 Å². The van der Waals surface area contributed by atoms with E-state index in [1.807, 2.05) is 84.9 Å². The summed E-state index contributed by atoms with van der Waals surface area (Å²) >= 11 is 0. The Morgan fingerprint density at radius 2 is 0.754 bits per heavy atom. The van der Waals surface area contributed by atoms with Gasteiger partial charge in [0.15, 0.2) is 17.5 Å². The maximum absolute atomic E-state index is 6.41. The standard InChI is InChI=1S/C51H29N3O3/c1-2-11-30(12-3-1)49-52-50(54-51(53-49)39-20-10-19-38-36-17-4-7-22-44(36)57-48(38)39)35-16-9-15-33(26-35)31-13-8-14-32(25-31)34-23-24-45-40(27-34)42-28-41-37-18-5-6-21-43(37)55-46(41)29-47(42)56-45/h1-29H. The molecule has 0 aliphatic heterocycles. The van der Waals surface area contributed by atoms with Crippen molar-refractivity contribution in [2.24, 2.45) is 0 Å². The molecule has 0 fully saturated rings. The fourth-order valence-electron chi connectivity index (χ4n) is 8.16. The first kappa shape index (κ1) is 31.5. The number of para-hydroxylation sites is 3. The number of nitrogens with zero attached hydrogens (tertiary/aromatic N) is 3. The van der Waals surface area contributed by atoms with Gasteiger partial charge in [-0.2, -0.15) is 0 Å². The smallest absolute Gasteiger partial charge is 0.167 e. The van der Waals surface area contributed by atoms with E-state index < -0.39 is 0 Å². The molecule has 0 saturated carbocycles. The molecule has 0 N–H and O–H groups in total. The molecule has 0 spiro atoms. The van der Waals surface area contributed by atoms with E-state index in [2.05, 4.69) is 91.0 Å². The first-order chi connectivity index (χ1) is 28.2. The second kappa shape index (κ2) is 12.3. The number of fused-ring (bicyclic) bond motifs is 9. The van der Waals surface area contributed by atoms with Crippen molar-refractivity contribution in [2.75, 3.05) is 0 Å². The summed E-state index contributed by atoms with van der Waals surface area (Å²) in [6.45, 7) is 0. The molecule has 266 valence electrons. The number of furan rings is 3. The van der Waals surface area contributed by atoms with Gasteiger partial charge in [-0.25, -0.2) is 15.0 Å². The molecule has 12 aromatic rings. The first-order valence-corrected chi connectivity index (χ1v) is 18.9.